The quantitative estimate of drug-likeness (QED) is 0.534. The van der Waals surface area contributed by atoms with Gasteiger partial charge < -0.3 is 21.3 Å². The van der Waals surface area contributed by atoms with E-state index in [1.807, 2.05) is 13.8 Å². The number of carbonyl (C=O) groups is 4. The SMILES string of the molecule is CC(C)[C@H](NC(=O)[C@@H]1CC(=O)N1)C(=O)N1CCC[C@H]1C(N)=O. The molecule has 0 unspecified atom stereocenters. The first-order valence-electron chi connectivity index (χ1n) is 7.50. The van der Waals surface area contributed by atoms with E-state index in [4.69, 9.17) is 5.73 Å². The fourth-order valence-electron chi connectivity index (χ4n) is 2.79. The van der Waals surface area contributed by atoms with Crippen LogP contribution < -0.4 is 16.4 Å². The number of nitrogens with two attached hydrogens (primary N) is 1. The summed E-state index contributed by atoms with van der Waals surface area (Å²) >= 11 is 0. The predicted octanol–water partition coefficient (Wildman–Crippen LogP) is -1.51. The van der Waals surface area contributed by atoms with Crippen molar-refractivity contribution in [3.8, 4) is 0 Å². The van der Waals surface area contributed by atoms with E-state index in [0.29, 0.717) is 13.0 Å². The average Bonchev–Trinajstić information content (AvgIpc) is 2.89. The highest BCUT2D eigenvalue weighted by Gasteiger charge is 2.39. The van der Waals surface area contributed by atoms with Gasteiger partial charge in [-0.2, -0.15) is 0 Å². The Morgan fingerprint density at radius 1 is 1.36 bits per heavy atom. The summed E-state index contributed by atoms with van der Waals surface area (Å²) in [5, 5.41) is 5.15. The van der Waals surface area contributed by atoms with Crippen molar-refractivity contribution in [2.45, 2.75) is 51.2 Å². The molecular formula is C14H22N4O4. The number of amides is 4. The van der Waals surface area contributed by atoms with Crippen LogP contribution in [0.3, 0.4) is 0 Å². The Balaban J connectivity index is 2.03. The van der Waals surface area contributed by atoms with Gasteiger partial charge in [-0.1, -0.05) is 13.8 Å². The molecule has 22 heavy (non-hydrogen) atoms. The van der Waals surface area contributed by atoms with Gasteiger partial charge >= 0.3 is 0 Å². The first-order valence-corrected chi connectivity index (χ1v) is 7.50. The van der Waals surface area contributed by atoms with Crippen LogP contribution in [-0.2, 0) is 19.2 Å². The van der Waals surface area contributed by atoms with Gasteiger partial charge in [0.05, 0.1) is 6.42 Å². The van der Waals surface area contributed by atoms with Crippen molar-refractivity contribution < 1.29 is 19.2 Å². The number of β-lactam (4-membered cyclic amide) rings is 1. The molecule has 8 heteroatoms. The maximum absolute atomic E-state index is 12.6. The van der Waals surface area contributed by atoms with Crippen molar-refractivity contribution in [1.82, 2.24) is 15.5 Å². The van der Waals surface area contributed by atoms with Crippen LogP contribution in [-0.4, -0.2) is 53.2 Å². The van der Waals surface area contributed by atoms with Gasteiger partial charge in [0, 0.05) is 6.54 Å². The molecule has 0 spiro atoms. The minimum Gasteiger partial charge on any atom is -0.368 e. The van der Waals surface area contributed by atoms with Gasteiger partial charge in [0.25, 0.3) is 0 Å². The summed E-state index contributed by atoms with van der Waals surface area (Å²) in [7, 11) is 0. The van der Waals surface area contributed by atoms with Gasteiger partial charge in [-0.25, -0.2) is 0 Å². The van der Waals surface area contributed by atoms with Gasteiger partial charge in [-0.05, 0) is 18.8 Å². The van der Waals surface area contributed by atoms with Crippen molar-refractivity contribution in [1.29, 1.82) is 0 Å². The molecule has 2 saturated heterocycles. The van der Waals surface area contributed by atoms with Gasteiger partial charge in [0.1, 0.15) is 18.1 Å². The molecule has 3 atom stereocenters. The first kappa shape index (κ1) is 16.3. The number of primary amides is 1. The van der Waals surface area contributed by atoms with E-state index in [1.54, 1.807) is 0 Å². The summed E-state index contributed by atoms with van der Waals surface area (Å²) < 4.78 is 0. The number of hydrogen-bond donors (Lipinski definition) is 3. The van der Waals surface area contributed by atoms with Crippen molar-refractivity contribution in [3.63, 3.8) is 0 Å². The number of carbonyl (C=O) groups excluding carboxylic acids is 4. The van der Waals surface area contributed by atoms with Crippen molar-refractivity contribution in [2.24, 2.45) is 11.7 Å². The minimum absolute atomic E-state index is 0.137. The summed E-state index contributed by atoms with van der Waals surface area (Å²) in [6, 6.07) is -1.91. The lowest BCUT2D eigenvalue weighted by Crippen LogP contribution is -2.61. The molecule has 2 aliphatic rings. The third-order valence-corrected chi connectivity index (χ3v) is 4.14. The lowest BCUT2D eigenvalue weighted by Gasteiger charge is -2.32. The third kappa shape index (κ3) is 3.20. The number of nitrogens with zero attached hydrogens (tertiary/aromatic N) is 1. The van der Waals surface area contributed by atoms with E-state index in [-0.39, 0.29) is 30.1 Å². The largest absolute Gasteiger partial charge is 0.368 e. The molecule has 0 aliphatic carbocycles. The third-order valence-electron chi connectivity index (χ3n) is 4.14. The van der Waals surface area contributed by atoms with Crippen LogP contribution in [0.15, 0.2) is 0 Å². The van der Waals surface area contributed by atoms with Crippen LogP contribution >= 0.6 is 0 Å². The normalized spacial score (nSPS) is 25.4. The van der Waals surface area contributed by atoms with Gasteiger partial charge in [-0.15, -0.1) is 0 Å². The molecule has 0 aromatic rings. The van der Waals surface area contributed by atoms with Crippen molar-refractivity contribution in [2.75, 3.05) is 6.54 Å². The number of likely N-dealkylation sites (tertiary alicyclic amines) is 1. The van der Waals surface area contributed by atoms with E-state index in [2.05, 4.69) is 10.6 Å². The Morgan fingerprint density at radius 2 is 2.00 bits per heavy atom. The Hall–Kier alpha value is -2.12. The highest BCUT2D eigenvalue weighted by Crippen LogP contribution is 2.20. The molecule has 0 bridgehead atoms. The van der Waals surface area contributed by atoms with E-state index in [1.165, 1.54) is 4.90 Å². The summed E-state index contributed by atoms with van der Waals surface area (Å²) in [6.07, 6.45) is 1.41. The monoisotopic (exact) mass is 310 g/mol. The minimum atomic E-state index is -0.732. The zero-order valence-corrected chi connectivity index (χ0v) is 12.8. The average molecular weight is 310 g/mol. The predicted molar refractivity (Wildman–Crippen MR) is 77.2 cm³/mol. The number of hydrogen-bond acceptors (Lipinski definition) is 4. The molecule has 8 nitrogen and oxygen atoms in total. The molecule has 2 fully saturated rings. The van der Waals surface area contributed by atoms with E-state index >= 15 is 0 Å². The van der Waals surface area contributed by atoms with E-state index < -0.39 is 24.0 Å². The second-order valence-electron chi connectivity index (χ2n) is 6.15. The molecule has 4 amide bonds. The number of rotatable bonds is 5. The smallest absolute Gasteiger partial charge is 0.246 e. The lowest BCUT2D eigenvalue weighted by molar-refractivity contribution is -0.143. The van der Waals surface area contributed by atoms with Crippen molar-refractivity contribution >= 4 is 23.6 Å². The van der Waals surface area contributed by atoms with Crippen LogP contribution in [0.5, 0.6) is 0 Å². The Kier molecular flexibility index (Phi) is 4.68. The highest BCUT2D eigenvalue weighted by molar-refractivity contribution is 5.99. The van der Waals surface area contributed by atoms with Crippen LogP contribution in [0.25, 0.3) is 0 Å². The van der Waals surface area contributed by atoms with Crippen molar-refractivity contribution in [3.05, 3.63) is 0 Å². The van der Waals surface area contributed by atoms with E-state index in [0.717, 1.165) is 6.42 Å². The van der Waals surface area contributed by atoms with Crippen LogP contribution in [0, 0.1) is 5.92 Å². The molecule has 4 N–H and O–H groups in total. The Bertz CT molecular complexity index is 497. The summed E-state index contributed by atoms with van der Waals surface area (Å²) in [5.41, 5.74) is 5.33. The standard InChI is InChI=1S/C14H22N4O4/c1-7(2)11(17-13(21)8-6-10(19)16-8)14(22)18-5-3-4-9(18)12(15)20/h7-9,11H,3-6H2,1-2H3,(H2,15,20)(H,16,19)(H,17,21)/t8-,9-,11-/m0/s1. The van der Waals surface area contributed by atoms with Crippen LogP contribution in [0.2, 0.25) is 0 Å². The Morgan fingerprint density at radius 3 is 2.50 bits per heavy atom. The number of nitrogens with one attached hydrogen (secondary N) is 2. The molecule has 2 rings (SSSR count). The van der Waals surface area contributed by atoms with Gasteiger partial charge in [-0.3, -0.25) is 19.2 Å². The molecule has 0 aromatic carbocycles. The highest BCUT2D eigenvalue weighted by atomic mass is 16.2. The zero-order chi connectivity index (χ0) is 16.4. The maximum Gasteiger partial charge on any atom is 0.246 e. The van der Waals surface area contributed by atoms with Gasteiger partial charge in [0.2, 0.25) is 23.6 Å². The summed E-state index contributed by atoms with van der Waals surface area (Å²) in [4.78, 5) is 48.4. The van der Waals surface area contributed by atoms with Crippen LogP contribution in [0.1, 0.15) is 33.1 Å². The Labute approximate surface area is 128 Å². The summed E-state index contributed by atoms with van der Waals surface area (Å²) in [5.74, 6) is -1.51. The van der Waals surface area contributed by atoms with E-state index in [9.17, 15) is 19.2 Å². The second-order valence-corrected chi connectivity index (χ2v) is 6.15. The zero-order valence-electron chi connectivity index (χ0n) is 12.8. The molecule has 122 valence electrons. The van der Waals surface area contributed by atoms with Crippen LogP contribution in [0.4, 0.5) is 0 Å². The molecule has 0 radical (unpaired) electrons. The molecule has 0 saturated carbocycles. The topological polar surface area (TPSA) is 122 Å². The first-order chi connectivity index (χ1) is 10.3. The maximum atomic E-state index is 12.6. The molecule has 0 aromatic heterocycles. The molecular weight excluding hydrogens is 288 g/mol. The summed E-state index contributed by atoms with van der Waals surface area (Å²) in [6.45, 7) is 4.10. The second kappa shape index (κ2) is 6.33. The molecule has 2 heterocycles. The lowest BCUT2D eigenvalue weighted by atomic mass is 9.99. The fraction of sp³-hybridized carbons (Fsp3) is 0.714. The fourth-order valence-corrected chi connectivity index (χ4v) is 2.79. The van der Waals surface area contributed by atoms with Gasteiger partial charge in [0.15, 0.2) is 0 Å². The molecule has 2 aliphatic heterocycles.